The van der Waals surface area contributed by atoms with Gasteiger partial charge in [-0.3, -0.25) is 9.59 Å². The largest absolute Gasteiger partial charge is 0.484 e. The molecule has 0 spiro atoms. The summed E-state index contributed by atoms with van der Waals surface area (Å²) >= 11 is 5.76. The number of amides is 2. The van der Waals surface area contributed by atoms with Crippen molar-refractivity contribution in [1.29, 1.82) is 0 Å². The van der Waals surface area contributed by atoms with Crippen molar-refractivity contribution >= 4 is 29.1 Å². The average Bonchev–Trinajstić information content (AvgIpc) is 2.56. The molecular formula is C17H16ClFN2O3. The zero-order chi connectivity index (χ0) is 17.5. The number of likely N-dealkylation sites (N-methyl/N-ethyl adjacent to an activating group) is 1. The summed E-state index contributed by atoms with van der Waals surface area (Å²) in [6.45, 7) is -0.331. The molecule has 0 aliphatic carbocycles. The highest BCUT2D eigenvalue weighted by molar-refractivity contribution is 6.30. The molecular weight excluding hydrogens is 335 g/mol. The van der Waals surface area contributed by atoms with Gasteiger partial charge in [0, 0.05) is 17.8 Å². The lowest BCUT2D eigenvalue weighted by molar-refractivity contribution is -0.135. The van der Waals surface area contributed by atoms with Crippen LogP contribution in [0.2, 0.25) is 5.02 Å². The van der Waals surface area contributed by atoms with Crippen LogP contribution < -0.4 is 10.1 Å². The molecule has 0 heterocycles. The van der Waals surface area contributed by atoms with Crippen LogP contribution in [-0.4, -0.2) is 36.9 Å². The fraction of sp³-hybridized carbons (Fsp3) is 0.176. The molecule has 1 N–H and O–H groups in total. The van der Waals surface area contributed by atoms with Crippen molar-refractivity contribution in [2.24, 2.45) is 0 Å². The van der Waals surface area contributed by atoms with E-state index in [9.17, 15) is 14.0 Å². The third kappa shape index (κ3) is 5.55. The summed E-state index contributed by atoms with van der Waals surface area (Å²) in [4.78, 5) is 25.1. The molecule has 0 saturated heterocycles. The molecule has 0 radical (unpaired) electrons. The number of ether oxygens (including phenoxy) is 1. The highest BCUT2D eigenvalue weighted by atomic mass is 35.5. The minimum Gasteiger partial charge on any atom is -0.484 e. The number of hydrogen-bond acceptors (Lipinski definition) is 3. The van der Waals surface area contributed by atoms with E-state index < -0.39 is 0 Å². The van der Waals surface area contributed by atoms with Crippen LogP contribution in [-0.2, 0) is 9.59 Å². The number of rotatable bonds is 6. The minimum absolute atomic E-state index is 0.139. The van der Waals surface area contributed by atoms with E-state index in [1.165, 1.54) is 36.2 Å². The summed E-state index contributed by atoms with van der Waals surface area (Å²) in [5, 5.41) is 3.15. The van der Waals surface area contributed by atoms with Gasteiger partial charge in [0.05, 0.1) is 6.54 Å². The average molecular weight is 351 g/mol. The van der Waals surface area contributed by atoms with Crippen LogP contribution in [0.1, 0.15) is 0 Å². The van der Waals surface area contributed by atoms with Gasteiger partial charge < -0.3 is 15.0 Å². The van der Waals surface area contributed by atoms with E-state index >= 15 is 0 Å². The first-order chi connectivity index (χ1) is 11.4. The van der Waals surface area contributed by atoms with Crippen LogP contribution in [0.25, 0.3) is 0 Å². The van der Waals surface area contributed by atoms with Gasteiger partial charge in [-0.2, -0.15) is 0 Å². The molecule has 2 aromatic rings. The molecule has 2 aromatic carbocycles. The first kappa shape index (κ1) is 17.7. The molecule has 24 heavy (non-hydrogen) atoms. The highest BCUT2D eigenvalue weighted by Crippen LogP contribution is 2.15. The van der Waals surface area contributed by atoms with Crippen molar-refractivity contribution in [3.05, 3.63) is 59.4 Å². The topological polar surface area (TPSA) is 58.6 Å². The molecule has 0 aromatic heterocycles. The van der Waals surface area contributed by atoms with Gasteiger partial charge in [-0.05, 0) is 48.5 Å². The predicted octanol–water partition coefficient (Wildman–Crippen LogP) is 2.96. The van der Waals surface area contributed by atoms with Crippen molar-refractivity contribution in [1.82, 2.24) is 4.90 Å². The molecule has 0 aliphatic rings. The van der Waals surface area contributed by atoms with Crippen molar-refractivity contribution in [2.75, 3.05) is 25.5 Å². The maximum absolute atomic E-state index is 12.8. The Kier molecular flexibility index (Phi) is 6.14. The molecule has 2 amide bonds. The molecule has 0 saturated carbocycles. The molecule has 7 heteroatoms. The van der Waals surface area contributed by atoms with Crippen molar-refractivity contribution in [3.63, 3.8) is 0 Å². The zero-order valence-corrected chi connectivity index (χ0v) is 13.7. The number of carbonyl (C=O) groups excluding carboxylic acids is 2. The second kappa shape index (κ2) is 8.31. The lowest BCUT2D eigenvalue weighted by atomic mass is 10.3. The Labute approximate surface area is 144 Å². The Bertz CT molecular complexity index is 705. The number of halogens is 2. The Morgan fingerprint density at radius 1 is 1.12 bits per heavy atom. The van der Waals surface area contributed by atoms with E-state index in [0.717, 1.165) is 0 Å². The second-order valence-electron chi connectivity index (χ2n) is 5.05. The van der Waals surface area contributed by atoms with Gasteiger partial charge in [-0.15, -0.1) is 0 Å². The number of benzene rings is 2. The van der Waals surface area contributed by atoms with Crippen LogP contribution in [0.15, 0.2) is 48.5 Å². The molecule has 0 bridgehead atoms. The fourth-order valence-electron chi connectivity index (χ4n) is 1.82. The van der Waals surface area contributed by atoms with Crippen molar-refractivity contribution in [3.8, 4) is 5.75 Å². The van der Waals surface area contributed by atoms with Gasteiger partial charge in [-0.1, -0.05) is 11.6 Å². The van der Waals surface area contributed by atoms with Crippen molar-refractivity contribution in [2.45, 2.75) is 0 Å². The monoisotopic (exact) mass is 350 g/mol. The number of anilines is 1. The Balaban J connectivity index is 1.78. The van der Waals surface area contributed by atoms with Gasteiger partial charge in [0.2, 0.25) is 5.91 Å². The zero-order valence-electron chi connectivity index (χ0n) is 13.0. The molecule has 2 rings (SSSR count). The standard InChI is InChI=1S/C17H16ClFN2O3/c1-21(10-16(22)20-14-6-4-13(19)5-7-14)17(23)11-24-15-8-2-12(18)3-9-15/h2-9H,10-11H2,1H3,(H,20,22). The van der Waals surface area contributed by atoms with Gasteiger partial charge in [0.25, 0.3) is 5.91 Å². The fourth-order valence-corrected chi connectivity index (χ4v) is 1.95. The molecule has 0 fully saturated rings. The van der Waals surface area contributed by atoms with Crippen LogP contribution >= 0.6 is 11.6 Å². The predicted molar refractivity (Wildman–Crippen MR) is 89.6 cm³/mol. The number of carbonyl (C=O) groups is 2. The number of nitrogens with zero attached hydrogens (tertiary/aromatic N) is 1. The maximum Gasteiger partial charge on any atom is 0.260 e. The number of hydrogen-bond donors (Lipinski definition) is 1. The second-order valence-corrected chi connectivity index (χ2v) is 5.48. The quantitative estimate of drug-likeness (QED) is 0.871. The van der Waals surface area contributed by atoms with Gasteiger partial charge in [0.15, 0.2) is 6.61 Å². The van der Waals surface area contributed by atoms with E-state index in [2.05, 4.69) is 5.32 Å². The third-order valence-electron chi connectivity index (χ3n) is 3.11. The van der Waals surface area contributed by atoms with Crippen LogP contribution in [0.3, 0.4) is 0 Å². The first-order valence-electron chi connectivity index (χ1n) is 7.12. The molecule has 5 nitrogen and oxygen atoms in total. The number of nitrogens with one attached hydrogen (secondary N) is 1. The normalized spacial score (nSPS) is 10.1. The van der Waals surface area contributed by atoms with E-state index in [1.54, 1.807) is 24.3 Å². The SMILES string of the molecule is CN(CC(=O)Nc1ccc(F)cc1)C(=O)COc1ccc(Cl)cc1. The lowest BCUT2D eigenvalue weighted by Gasteiger charge is -2.17. The summed E-state index contributed by atoms with van der Waals surface area (Å²) in [7, 11) is 1.50. The summed E-state index contributed by atoms with van der Waals surface area (Å²) in [5.74, 6) is -0.611. The summed E-state index contributed by atoms with van der Waals surface area (Å²) in [5.41, 5.74) is 0.458. The van der Waals surface area contributed by atoms with Gasteiger partial charge in [0.1, 0.15) is 11.6 Å². The Morgan fingerprint density at radius 3 is 2.38 bits per heavy atom. The Morgan fingerprint density at radius 2 is 1.75 bits per heavy atom. The van der Waals surface area contributed by atoms with Crippen LogP contribution in [0.4, 0.5) is 10.1 Å². The van der Waals surface area contributed by atoms with E-state index in [0.29, 0.717) is 16.5 Å². The summed E-state index contributed by atoms with van der Waals surface area (Å²) in [6.07, 6.45) is 0. The van der Waals surface area contributed by atoms with Gasteiger partial charge in [-0.25, -0.2) is 4.39 Å². The summed E-state index contributed by atoms with van der Waals surface area (Å²) < 4.78 is 18.1. The van der Waals surface area contributed by atoms with E-state index in [-0.39, 0.29) is 30.8 Å². The highest BCUT2D eigenvalue weighted by Gasteiger charge is 2.14. The molecule has 0 unspecified atom stereocenters. The molecule has 126 valence electrons. The first-order valence-corrected chi connectivity index (χ1v) is 7.49. The minimum atomic E-state index is -0.389. The Hall–Kier alpha value is -2.60. The van der Waals surface area contributed by atoms with Crippen molar-refractivity contribution < 1.29 is 18.7 Å². The molecule has 0 aliphatic heterocycles. The third-order valence-corrected chi connectivity index (χ3v) is 3.36. The lowest BCUT2D eigenvalue weighted by Crippen LogP contribution is -2.37. The van der Waals surface area contributed by atoms with E-state index in [1.807, 2.05) is 0 Å². The molecule has 0 atom stereocenters. The van der Waals surface area contributed by atoms with Gasteiger partial charge >= 0.3 is 0 Å². The van der Waals surface area contributed by atoms with Crippen LogP contribution in [0.5, 0.6) is 5.75 Å². The van der Waals surface area contributed by atoms with Crippen LogP contribution in [0, 0.1) is 5.82 Å². The smallest absolute Gasteiger partial charge is 0.260 e. The van der Waals surface area contributed by atoms with E-state index in [4.69, 9.17) is 16.3 Å². The maximum atomic E-state index is 12.8. The summed E-state index contributed by atoms with van der Waals surface area (Å²) in [6, 6.07) is 12.0.